The summed E-state index contributed by atoms with van der Waals surface area (Å²) in [6.07, 6.45) is 2.23. The minimum atomic E-state index is -0.112. The van der Waals surface area contributed by atoms with Crippen LogP contribution < -0.4 is 5.32 Å². The third kappa shape index (κ3) is 1.55. The van der Waals surface area contributed by atoms with Crippen molar-refractivity contribution in [3.8, 4) is 0 Å². The molecule has 1 nitrogen and oxygen atoms in total. The largest absolute Gasteiger partial charge is 0.317 e. The van der Waals surface area contributed by atoms with Crippen LogP contribution in [0.3, 0.4) is 0 Å². The fourth-order valence-corrected chi connectivity index (χ4v) is 2.33. The number of fused-ring (bicyclic) bond motifs is 1. The Hall–Kier alpha value is -0.890. The van der Waals surface area contributed by atoms with Gasteiger partial charge in [0.1, 0.15) is 5.82 Å². The molecule has 14 heavy (non-hydrogen) atoms. The van der Waals surface area contributed by atoms with Gasteiger partial charge in [-0.25, -0.2) is 4.39 Å². The Morgan fingerprint density at radius 2 is 2.29 bits per heavy atom. The second-order valence-corrected chi connectivity index (χ2v) is 4.07. The molecule has 1 aromatic rings. The lowest BCUT2D eigenvalue weighted by Gasteiger charge is -2.19. The van der Waals surface area contributed by atoms with Gasteiger partial charge in [0.2, 0.25) is 0 Å². The highest BCUT2D eigenvalue weighted by Gasteiger charge is 2.26. The van der Waals surface area contributed by atoms with Gasteiger partial charge in [0.25, 0.3) is 0 Å². The molecular formula is C12H16FN. The van der Waals surface area contributed by atoms with Gasteiger partial charge in [-0.2, -0.15) is 0 Å². The van der Waals surface area contributed by atoms with E-state index in [9.17, 15) is 4.39 Å². The number of halogens is 1. The predicted molar refractivity (Wildman–Crippen MR) is 56.0 cm³/mol. The van der Waals surface area contributed by atoms with Crippen molar-refractivity contribution in [1.29, 1.82) is 0 Å². The van der Waals surface area contributed by atoms with E-state index in [1.54, 1.807) is 12.1 Å². The van der Waals surface area contributed by atoms with Crippen molar-refractivity contribution in [3.63, 3.8) is 0 Å². The average molecular weight is 193 g/mol. The first-order valence-corrected chi connectivity index (χ1v) is 5.18. The van der Waals surface area contributed by atoms with Gasteiger partial charge in [0.15, 0.2) is 0 Å². The highest BCUT2D eigenvalue weighted by Crippen LogP contribution is 2.35. The Balaban J connectivity index is 2.33. The fraction of sp³-hybridized carbons (Fsp3) is 0.500. The Labute approximate surface area is 84.3 Å². The SMILES string of the molecule is CNC(C)C1CCc2ccc(F)cc21. The maximum atomic E-state index is 13.1. The van der Waals surface area contributed by atoms with Gasteiger partial charge >= 0.3 is 0 Å². The quantitative estimate of drug-likeness (QED) is 0.760. The molecule has 0 saturated heterocycles. The average Bonchev–Trinajstić information content (AvgIpc) is 2.59. The molecule has 76 valence electrons. The van der Waals surface area contributed by atoms with Crippen LogP contribution in [-0.2, 0) is 6.42 Å². The fourth-order valence-electron chi connectivity index (χ4n) is 2.33. The monoisotopic (exact) mass is 193 g/mol. The highest BCUT2D eigenvalue weighted by atomic mass is 19.1. The van der Waals surface area contributed by atoms with E-state index in [2.05, 4.69) is 12.2 Å². The topological polar surface area (TPSA) is 12.0 Å². The first-order chi connectivity index (χ1) is 6.72. The van der Waals surface area contributed by atoms with Gasteiger partial charge in [-0.05, 0) is 56.0 Å². The van der Waals surface area contributed by atoms with E-state index in [-0.39, 0.29) is 5.82 Å². The van der Waals surface area contributed by atoms with Gasteiger partial charge in [0.05, 0.1) is 0 Å². The van der Waals surface area contributed by atoms with Crippen molar-refractivity contribution >= 4 is 0 Å². The molecule has 1 N–H and O–H groups in total. The minimum Gasteiger partial charge on any atom is -0.317 e. The van der Waals surface area contributed by atoms with E-state index >= 15 is 0 Å². The summed E-state index contributed by atoms with van der Waals surface area (Å²) < 4.78 is 13.1. The van der Waals surface area contributed by atoms with Crippen LogP contribution in [0, 0.1) is 5.82 Å². The number of hydrogen-bond acceptors (Lipinski definition) is 1. The second-order valence-electron chi connectivity index (χ2n) is 4.07. The first kappa shape index (κ1) is 9.66. The summed E-state index contributed by atoms with van der Waals surface area (Å²) in [7, 11) is 1.96. The zero-order valence-electron chi connectivity index (χ0n) is 8.68. The minimum absolute atomic E-state index is 0.112. The van der Waals surface area contributed by atoms with E-state index in [1.807, 2.05) is 13.1 Å². The predicted octanol–water partition coefficient (Wildman–Crippen LogP) is 2.46. The zero-order chi connectivity index (χ0) is 10.1. The molecule has 2 unspecified atom stereocenters. The maximum Gasteiger partial charge on any atom is 0.123 e. The summed E-state index contributed by atoms with van der Waals surface area (Å²) in [6.45, 7) is 2.16. The summed E-state index contributed by atoms with van der Waals surface area (Å²) in [4.78, 5) is 0. The third-order valence-corrected chi connectivity index (χ3v) is 3.29. The number of likely N-dealkylation sites (N-methyl/N-ethyl adjacent to an activating group) is 1. The van der Waals surface area contributed by atoms with E-state index in [1.165, 1.54) is 11.1 Å². The molecule has 0 radical (unpaired) electrons. The molecule has 0 spiro atoms. The Morgan fingerprint density at radius 1 is 1.50 bits per heavy atom. The van der Waals surface area contributed by atoms with Gasteiger partial charge in [-0.1, -0.05) is 6.07 Å². The molecule has 0 amide bonds. The molecule has 1 aliphatic rings. The van der Waals surface area contributed by atoms with Gasteiger partial charge < -0.3 is 5.32 Å². The Kier molecular flexibility index (Phi) is 2.55. The summed E-state index contributed by atoms with van der Waals surface area (Å²) in [5, 5.41) is 3.24. The lowest BCUT2D eigenvalue weighted by Crippen LogP contribution is -2.27. The molecule has 0 fully saturated rings. The molecule has 2 atom stereocenters. The van der Waals surface area contributed by atoms with Gasteiger partial charge in [-0.15, -0.1) is 0 Å². The number of rotatable bonds is 2. The van der Waals surface area contributed by atoms with Crippen LogP contribution in [0.2, 0.25) is 0 Å². The van der Waals surface area contributed by atoms with Crippen molar-refractivity contribution in [2.45, 2.75) is 31.7 Å². The lowest BCUT2D eigenvalue weighted by molar-refractivity contribution is 0.490. The van der Waals surface area contributed by atoms with Crippen LogP contribution in [0.1, 0.15) is 30.4 Å². The molecule has 0 aromatic heterocycles. The summed E-state index contributed by atoms with van der Waals surface area (Å²) >= 11 is 0. The Morgan fingerprint density at radius 3 is 3.00 bits per heavy atom. The second kappa shape index (κ2) is 3.70. The zero-order valence-corrected chi connectivity index (χ0v) is 8.68. The van der Waals surface area contributed by atoms with Gasteiger partial charge in [-0.3, -0.25) is 0 Å². The Bertz CT molecular complexity index is 335. The highest BCUT2D eigenvalue weighted by molar-refractivity contribution is 5.36. The number of hydrogen-bond donors (Lipinski definition) is 1. The van der Waals surface area contributed by atoms with Crippen LogP contribution in [-0.4, -0.2) is 13.1 Å². The van der Waals surface area contributed by atoms with Crippen molar-refractivity contribution in [2.24, 2.45) is 0 Å². The summed E-state index contributed by atoms with van der Waals surface area (Å²) in [6, 6.07) is 5.61. The normalized spacial score (nSPS) is 22.1. The van der Waals surface area contributed by atoms with Crippen LogP contribution in [0.25, 0.3) is 0 Å². The molecule has 0 aliphatic heterocycles. The van der Waals surface area contributed by atoms with E-state index in [0.29, 0.717) is 12.0 Å². The van der Waals surface area contributed by atoms with Crippen LogP contribution in [0.15, 0.2) is 18.2 Å². The van der Waals surface area contributed by atoms with E-state index in [0.717, 1.165) is 12.8 Å². The van der Waals surface area contributed by atoms with E-state index < -0.39 is 0 Å². The van der Waals surface area contributed by atoms with Crippen molar-refractivity contribution in [3.05, 3.63) is 35.1 Å². The first-order valence-electron chi connectivity index (χ1n) is 5.18. The van der Waals surface area contributed by atoms with Crippen molar-refractivity contribution in [1.82, 2.24) is 5.32 Å². The molecule has 0 saturated carbocycles. The standard InChI is InChI=1S/C12H16FN/c1-8(14-2)11-6-4-9-3-5-10(13)7-12(9)11/h3,5,7-8,11,14H,4,6H2,1-2H3. The third-order valence-electron chi connectivity index (χ3n) is 3.29. The molecule has 2 rings (SSSR count). The molecule has 0 bridgehead atoms. The smallest absolute Gasteiger partial charge is 0.123 e. The van der Waals surface area contributed by atoms with Crippen molar-refractivity contribution in [2.75, 3.05) is 7.05 Å². The van der Waals surface area contributed by atoms with Crippen LogP contribution >= 0.6 is 0 Å². The van der Waals surface area contributed by atoms with Gasteiger partial charge in [0, 0.05) is 6.04 Å². The molecule has 1 aromatic carbocycles. The molecule has 0 heterocycles. The van der Waals surface area contributed by atoms with Crippen LogP contribution in [0.4, 0.5) is 4.39 Å². The molecular weight excluding hydrogens is 177 g/mol. The number of aryl methyl sites for hydroxylation is 1. The number of benzene rings is 1. The maximum absolute atomic E-state index is 13.1. The summed E-state index contributed by atoms with van der Waals surface area (Å²) in [5.41, 5.74) is 2.52. The molecule has 2 heteroatoms. The number of nitrogens with one attached hydrogen (secondary N) is 1. The van der Waals surface area contributed by atoms with E-state index in [4.69, 9.17) is 0 Å². The van der Waals surface area contributed by atoms with Crippen LogP contribution in [0.5, 0.6) is 0 Å². The summed E-state index contributed by atoms with van der Waals surface area (Å²) in [5.74, 6) is 0.365. The lowest BCUT2D eigenvalue weighted by atomic mass is 9.94. The van der Waals surface area contributed by atoms with Crippen molar-refractivity contribution < 1.29 is 4.39 Å². The molecule has 1 aliphatic carbocycles.